The van der Waals surface area contributed by atoms with Gasteiger partial charge in [0, 0.05) is 43.0 Å². The Morgan fingerprint density at radius 1 is 1.00 bits per heavy atom. The fourth-order valence-electron chi connectivity index (χ4n) is 2.64. The zero-order chi connectivity index (χ0) is 18.7. The van der Waals surface area contributed by atoms with Crippen molar-refractivity contribution in [2.75, 3.05) is 25.5 Å². The minimum Gasteiger partial charge on any atom is -0.336 e. The first-order valence-corrected chi connectivity index (χ1v) is 8.52. The summed E-state index contributed by atoms with van der Waals surface area (Å²) in [5.41, 5.74) is 2.02. The number of piperazine rings is 1. The van der Waals surface area contributed by atoms with Gasteiger partial charge in [-0.1, -0.05) is 23.7 Å². The predicted molar refractivity (Wildman–Crippen MR) is 98.9 cm³/mol. The molecular formula is C19H18ClN3O3. The van der Waals surface area contributed by atoms with Gasteiger partial charge in [-0.3, -0.25) is 14.4 Å². The summed E-state index contributed by atoms with van der Waals surface area (Å²) in [4.78, 5) is 39.0. The third-order valence-corrected chi connectivity index (χ3v) is 4.47. The van der Waals surface area contributed by atoms with Gasteiger partial charge in [-0.2, -0.15) is 0 Å². The Labute approximate surface area is 156 Å². The Morgan fingerprint density at radius 3 is 2.31 bits per heavy atom. The molecule has 0 aromatic heterocycles. The van der Waals surface area contributed by atoms with Crippen LogP contribution in [-0.4, -0.2) is 47.7 Å². The van der Waals surface area contributed by atoms with Crippen LogP contribution in [0.2, 0.25) is 5.02 Å². The van der Waals surface area contributed by atoms with Crippen molar-refractivity contribution in [2.45, 2.75) is 6.54 Å². The zero-order valence-corrected chi connectivity index (χ0v) is 15.0. The standard InChI is InChI=1S/C19H18ClN3O3/c1-22-10-11-23(19(26)18(22)25)12-13-2-4-14(5-3-13)17(24)21-16-8-6-15(20)7-9-16/h2-9H,10-12H2,1H3,(H,21,24). The molecule has 2 aromatic carbocycles. The molecule has 1 aliphatic heterocycles. The van der Waals surface area contributed by atoms with Gasteiger partial charge in [0.2, 0.25) is 0 Å². The second kappa shape index (κ2) is 7.58. The van der Waals surface area contributed by atoms with Gasteiger partial charge in [-0.25, -0.2) is 0 Å². The fourth-order valence-corrected chi connectivity index (χ4v) is 2.77. The summed E-state index contributed by atoms with van der Waals surface area (Å²) in [6.45, 7) is 1.36. The van der Waals surface area contributed by atoms with Gasteiger partial charge in [-0.05, 0) is 42.0 Å². The first kappa shape index (κ1) is 17.9. The van der Waals surface area contributed by atoms with Crippen LogP contribution in [0.3, 0.4) is 0 Å². The van der Waals surface area contributed by atoms with E-state index in [1.165, 1.54) is 9.80 Å². The van der Waals surface area contributed by atoms with E-state index >= 15 is 0 Å². The maximum Gasteiger partial charge on any atom is 0.312 e. The molecule has 0 aliphatic carbocycles. The van der Waals surface area contributed by atoms with E-state index in [1.54, 1.807) is 55.6 Å². The highest BCUT2D eigenvalue weighted by Gasteiger charge is 2.30. The molecule has 3 amide bonds. The van der Waals surface area contributed by atoms with Crippen molar-refractivity contribution < 1.29 is 14.4 Å². The Balaban J connectivity index is 1.63. The number of amides is 3. The molecule has 1 aliphatic rings. The van der Waals surface area contributed by atoms with Crippen LogP contribution in [0, 0.1) is 0 Å². The lowest BCUT2D eigenvalue weighted by molar-refractivity contribution is -0.155. The Morgan fingerprint density at radius 2 is 1.65 bits per heavy atom. The summed E-state index contributed by atoms with van der Waals surface area (Å²) in [7, 11) is 1.62. The maximum absolute atomic E-state index is 12.3. The van der Waals surface area contributed by atoms with Gasteiger partial charge in [0.05, 0.1) is 0 Å². The summed E-state index contributed by atoms with van der Waals surface area (Å²) in [6, 6.07) is 13.8. The number of carbonyl (C=O) groups excluding carboxylic acids is 3. The average molecular weight is 372 g/mol. The zero-order valence-electron chi connectivity index (χ0n) is 14.2. The Bertz CT molecular complexity index is 834. The molecule has 26 heavy (non-hydrogen) atoms. The fraction of sp³-hybridized carbons (Fsp3) is 0.211. The third-order valence-electron chi connectivity index (χ3n) is 4.21. The summed E-state index contributed by atoms with van der Waals surface area (Å²) in [5, 5.41) is 3.39. The summed E-state index contributed by atoms with van der Waals surface area (Å²) >= 11 is 5.83. The lowest BCUT2D eigenvalue weighted by atomic mass is 10.1. The molecular weight excluding hydrogens is 354 g/mol. The van der Waals surface area contributed by atoms with Crippen molar-refractivity contribution in [3.8, 4) is 0 Å². The molecule has 6 nitrogen and oxygen atoms in total. The molecule has 7 heteroatoms. The summed E-state index contributed by atoms with van der Waals surface area (Å²) in [5.74, 6) is -1.22. The minimum absolute atomic E-state index is 0.232. The van der Waals surface area contributed by atoms with Gasteiger partial charge >= 0.3 is 11.8 Å². The third kappa shape index (κ3) is 4.03. The Hall–Kier alpha value is -2.86. The number of benzene rings is 2. The van der Waals surface area contributed by atoms with Gasteiger partial charge < -0.3 is 15.1 Å². The van der Waals surface area contributed by atoms with Crippen molar-refractivity contribution in [1.29, 1.82) is 0 Å². The number of hydrogen-bond acceptors (Lipinski definition) is 3. The average Bonchev–Trinajstić information content (AvgIpc) is 2.64. The lowest BCUT2D eigenvalue weighted by Crippen LogP contribution is -2.52. The number of rotatable bonds is 4. The van der Waals surface area contributed by atoms with E-state index in [0.717, 1.165) is 5.56 Å². The highest BCUT2D eigenvalue weighted by Crippen LogP contribution is 2.15. The van der Waals surface area contributed by atoms with Crippen molar-refractivity contribution in [3.05, 3.63) is 64.7 Å². The van der Waals surface area contributed by atoms with Crippen LogP contribution in [-0.2, 0) is 16.1 Å². The van der Waals surface area contributed by atoms with Crippen molar-refractivity contribution >= 4 is 35.0 Å². The van der Waals surface area contributed by atoms with E-state index < -0.39 is 11.8 Å². The van der Waals surface area contributed by atoms with Crippen LogP contribution >= 0.6 is 11.6 Å². The monoisotopic (exact) mass is 371 g/mol. The largest absolute Gasteiger partial charge is 0.336 e. The normalized spacial score (nSPS) is 14.5. The van der Waals surface area contributed by atoms with E-state index in [-0.39, 0.29) is 5.91 Å². The van der Waals surface area contributed by atoms with Crippen LogP contribution < -0.4 is 5.32 Å². The number of nitrogens with one attached hydrogen (secondary N) is 1. The van der Waals surface area contributed by atoms with E-state index in [2.05, 4.69) is 5.32 Å². The number of halogens is 1. The number of hydrogen-bond donors (Lipinski definition) is 1. The molecule has 0 spiro atoms. The molecule has 1 fully saturated rings. The number of carbonyl (C=O) groups is 3. The number of nitrogens with zero attached hydrogens (tertiary/aromatic N) is 2. The molecule has 134 valence electrons. The van der Waals surface area contributed by atoms with E-state index in [9.17, 15) is 14.4 Å². The molecule has 0 radical (unpaired) electrons. The number of likely N-dealkylation sites (N-methyl/N-ethyl adjacent to an activating group) is 1. The van der Waals surface area contributed by atoms with Crippen LogP contribution in [0.4, 0.5) is 5.69 Å². The van der Waals surface area contributed by atoms with E-state index in [4.69, 9.17) is 11.6 Å². The Kier molecular flexibility index (Phi) is 5.23. The molecule has 0 bridgehead atoms. The smallest absolute Gasteiger partial charge is 0.312 e. The second-order valence-corrected chi connectivity index (χ2v) is 6.55. The van der Waals surface area contributed by atoms with Gasteiger partial charge in [0.25, 0.3) is 5.91 Å². The maximum atomic E-state index is 12.3. The quantitative estimate of drug-likeness (QED) is 0.839. The molecule has 3 rings (SSSR count). The van der Waals surface area contributed by atoms with E-state index in [1.807, 2.05) is 0 Å². The molecule has 0 saturated carbocycles. The van der Waals surface area contributed by atoms with Crippen molar-refractivity contribution in [2.24, 2.45) is 0 Å². The SMILES string of the molecule is CN1CCN(Cc2ccc(C(=O)Nc3ccc(Cl)cc3)cc2)C(=O)C1=O. The minimum atomic E-state index is -0.497. The molecule has 0 unspecified atom stereocenters. The molecule has 1 heterocycles. The number of anilines is 1. The van der Waals surface area contributed by atoms with Crippen molar-refractivity contribution in [1.82, 2.24) is 9.80 Å². The molecule has 1 saturated heterocycles. The molecule has 1 N–H and O–H groups in total. The molecule has 0 atom stereocenters. The molecule has 2 aromatic rings. The highest BCUT2D eigenvalue weighted by atomic mass is 35.5. The van der Waals surface area contributed by atoms with Crippen molar-refractivity contribution in [3.63, 3.8) is 0 Å². The first-order chi connectivity index (χ1) is 12.4. The lowest BCUT2D eigenvalue weighted by Gasteiger charge is -2.31. The van der Waals surface area contributed by atoms with Gasteiger partial charge in [0.15, 0.2) is 0 Å². The predicted octanol–water partition coefficient (Wildman–Crippen LogP) is 2.39. The van der Waals surface area contributed by atoms with Crippen LogP contribution in [0.1, 0.15) is 15.9 Å². The summed E-state index contributed by atoms with van der Waals surface area (Å²) in [6.07, 6.45) is 0. The van der Waals surface area contributed by atoms with Crippen LogP contribution in [0.15, 0.2) is 48.5 Å². The second-order valence-electron chi connectivity index (χ2n) is 6.11. The highest BCUT2D eigenvalue weighted by molar-refractivity contribution is 6.35. The van der Waals surface area contributed by atoms with Crippen LogP contribution in [0.5, 0.6) is 0 Å². The first-order valence-electron chi connectivity index (χ1n) is 8.14. The van der Waals surface area contributed by atoms with Gasteiger partial charge in [0.1, 0.15) is 0 Å². The topological polar surface area (TPSA) is 69.7 Å². The van der Waals surface area contributed by atoms with Crippen LogP contribution in [0.25, 0.3) is 0 Å². The summed E-state index contributed by atoms with van der Waals surface area (Å²) < 4.78 is 0. The van der Waals surface area contributed by atoms with Gasteiger partial charge in [-0.15, -0.1) is 0 Å². The van der Waals surface area contributed by atoms with E-state index in [0.29, 0.717) is 35.9 Å².